The minimum absolute atomic E-state index is 0.491. The fourth-order valence-electron chi connectivity index (χ4n) is 1.41. The Morgan fingerprint density at radius 1 is 1.47 bits per heavy atom. The number of aromatic amines is 1. The quantitative estimate of drug-likeness (QED) is 0.423. The Balaban J connectivity index is 2.20. The predicted molar refractivity (Wildman–Crippen MR) is 62.9 cm³/mol. The van der Waals surface area contributed by atoms with Crippen LogP contribution >= 0.6 is 0 Å². The molecule has 0 atom stereocenters. The van der Waals surface area contributed by atoms with Gasteiger partial charge in [0, 0.05) is 17.4 Å². The smallest absolute Gasteiger partial charge is 0.270 e. The lowest BCUT2D eigenvalue weighted by molar-refractivity contribution is -0.110. The van der Waals surface area contributed by atoms with Crippen LogP contribution in [0.5, 0.6) is 0 Å². The molecule has 2 aromatic rings. The molecule has 3 N–H and O–H groups in total. The minimum Gasteiger partial charge on any atom is -0.411 e. The second kappa shape index (κ2) is 4.93. The van der Waals surface area contributed by atoms with Gasteiger partial charge in [-0.1, -0.05) is 17.3 Å². The molecule has 0 saturated heterocycles. The number of anilines is 1. The number of hydrogen-bond donors (Lipinski definition) is 3. The second-order valence-electron chi connectivity index (χ2n) is 3.28. The standard InChI is InChI=1S/C11H10N4O2/c16-11(7-13-17)14-9-3-1-2-8(6-9)10-4-5-12-15-10/h1-7,17H,(H,12,15)(H,14,16)/b13-7+. The number of benzene rings is 1. The lowest BCUT2D eigenvalue weighted by Gasteiger charge is -2.03. The summed E-state index contributed by atoms with van der Waals surface area (Å²) in [6.45, 7) is 0. The Labute approximate surface area is 97.0 Å². The molecule has 6 nitrogen and oxygen atoms in total. The molecular weight excluding hydrogens is 220 g/mol. The third kappa shape index (κ3) is 2.69. The molecule has 1 aromatic carbocycles. The van der Waals surface area contributed by atoms with E-state index in [1.807, 2.05) is 18.2 Å². The topological polar surface area (TPSA) is 90.4 Å². The van der Waals surface area contributed by atoms with Gasteiger partial charge in [-0.2, -0.15) is 5.10 Å². The van der Waals surface area contributed by atoms with Gasteiger partial charge in [0.05, 0.1) is 5.69 Å². The van der Waals surface area contributed by atoms with Crippen molar-refractivity contribution >= 4 is 17.8 Å². The van der Waals surface area contributed by atoms with Crippen LogP contribution in [0.4, 0.5) is 5.69 Å². The molecule has 0 aliphatic heterocycles. The van der Waals surface area contributed by atoms with Crippen molar-refractivity contribution in [1.82, 2.24) is 10.2 Å². The van der Waals surface area contributed by atoms with Gasteiger partial charge in [0.2, 0.25) is 0 Å². The van der Waals surface area contributed by atoms with Crippen LogP contribution in [0, 0.1) is 0 Å². The van der Waals surface area contributed by atoms with Crippen molar-refractivity contribution < 1.29 is 10.0 Å². The maximum Gasteiger partial charge on any atom is 0.270 e. The van der Waals surface area contributed by atoms with Crippen LogP contribution in [0.15, 0.2) is 41.7 Å². The summed E-state index contributed by atoms with van der Waals surface area (Å²) < 4.78 is 0. The number of H-pyrrole nitrogens is 1. The van der Waals surface area contributed by atoms with E-state index in [1.165, 1.54) is 0 Å². The summed E-state index contributed by atoms with van der Waals surface area (Å²) in [6.07, 6.45) is 2.45. The highest BCUT2D eigenvalue weighted by atomic mass is 16.4. The lowest BCUT2D eigenvalue weighted by Crippen LogP contribution is -2.12. The molecule has 0 unspecified atom stereocenters. The van der Waals surface area contributed by atoms with E-state index < -0.39 is 5.91 Å². The highest BCUT2D eigenvalue weighted by Crippen LogP contribution is 2.19. The van der Waals surface area contributed by atoms with Crippen molar-refractivity contribution in [3.8, 4) is 11.3 Å². The molecule has 86 valence electrons. The van der Waals surface area contributed by atoms with Crippen molar-refractivity contribution in [2.75, 3.05) is 5.32 Å². The summed E-state index contributed by atoms with van der Waals surface area (Å²) in [7, 11) is 0. The van der Waals surface area contributed by atoms with Crippen molar-refractivity contribution in [1.29, 1.82) is 0 Å². The van der Waals surface area contributed by atoms with Crippen molar-refractivity contribution in [2.45, 2.75) is 0 Å². The molecular formula is C11H10N4O2. The molecule has 1 amide bonds. The van der Waals surface area contributed by atoms with E-state index in [0.717, 1.165) is 17.5 Å². The Morgan fingerprint density at radius 3 is 3.06 bits per heavy atom. The SMILES string of the molecule is O=C(/C=N/O)Nc1cccc(-c2ccn[nH]2)c1. The molecule has 0 saturated carbocycles. The Hall–Kier alpha value is -2.63. The fraction of sp³-hybridized carbons (Fsp3) is 0. The summed E-state index contributed by atoms with van der Waals surface area (Å²) >= 11 is 0. The molecule has 2 rings (SSSR count). The zero-order chi connectivity index (χ0) is 12.1. The Morgan fingerprint density at radius 2 is 2.35 bits per heavy atom. The molecule has 0 radical (unpaired) electrons. The van der Waals surface area contributed by atoms with Gasteiger partial charge in [-0.05, 0) is 18.2 Å². The Bertz CT molecular complexity index is 534. The number of amides is 1. The summed E-state index contributed by atoms with van der Waals surface area (Å²) in [5.74, 6) is -0.491. The van der Waals surface area contributed by atoms with Gasteiger partial charge in [0.1, 0.15) is 6.21 Å². The first-order valence-corrected chi connectivity index (χ1v) is 4.88. The molecule has 1 heterocycles. The summed E-state index contributed by atoms with van der Waals surface area (Å²) in [5, 5.41) is 20.1. The first-order chi connectivity index (χ1) is 8.29. The van der Waals surface area contributed by atoms with Crippen molar-refractivity contribution in [2.24, 2.45) is 5.16 Å². The van der Waals surface area contributed by atoms with Gasteiger partial charge < -0.3 is 10.5 Å². The highest BCUT2D eigenvalue weighted by molar-refractivity contribution is 6.31. The van der Waals surface area contributed by atoms with Crippen LogP contribution in [-0.4, -0.2) is 27.5 Å². The number of oxime groups is 1. The zero-order valence-corrected chi connectivity index (χ0v) is 8.79. The van der Waals surface area contributed by atoms with Gasteiger partial charge >= 0.3 is 0 Å². The van der Waals surface area contributed by atoms with Crippen molar-refractivity contribution in [3.63, 3.8) is 0 Å². The van der Waals surface area contributed by atoms with E-state index in [0.29, 0.717) is 5.69 Å². The van der Waals surface area contributed by atoms with E-state index in [-0.39, 0.29) is 0 Å². The van der Waals surface area contributed by atoms with Crippen LogP contribution in [0.2, 0.25) is 0 Å². The van der Waals surface area contributed by atoms with E-state index in [2.05, 4.69) is 20.7 Å². The number of carbonyl (C=O) groups is 1. The number of aromatic nitrogens is 2. The number of carbonyl (C=O) groups excluding carboxylic acids is 1. The van der Waals surface area contributed by atoms with E-state index in [9.17, 15) is 4.79 Å². The molecule has 17 heavy (non-hydrogen) atoms. The van der Waals surface area contributed by atoms with Crippen LogP contribution < -0.4 is 5.32 Å². The average Bonchev–Trinajstić information content (AvgIpc) is 2.83. The van der Waals surface area contributed by atoms with Crippen LogP contribution in [0.25, 0.3) is 11.3 Å². The van der Waals surface area contributed by atoms with E-state index in [4.69, 9.17) is 5.21 Å². The Kier molecular flexibility index (Phi) is 3.15. The van der Waals surface area contributed by atoms with Crippen LogP contribution in [-0.2, 0) is 4.79 Å². The van der Waals surface area contributed by atoms with Gasteiger partial charge in [0.25, 0.3) is 5.91 Å². The number of nitrogens with zero attached hydrogens (tertiary/aromatic N) is 2. The fourth-order valence-corrected chi connectivity index (χ4v) is 1.41. The first-order valence-electron chi connectivity index (χ1n) is 4.88. The van der Waals surface area contributed by atoms with Gasteiger partial charge in [0.15, 0.2) is 0 Å². The summed E-state index contributed by atoms with van der Waals surface area (Å²) in [4.78, 5) is 11.2. The molecule has 0 aliphatic carbocycles. The number of rotatable bonds is 3. The normalized spacial score (nSPS) is 10.6. The molecule has 0 spiro atoms. The van der Waals surface area contributed by atoms with Gasteiger partial charge in [-0.25, -0.2) is 0 Å². The third-order valence-electron chi connectivity index (χ3n) is 2.12. The number of hydrogen-bond acceptors (Lipinski definition) is 4. The zero-order valence-electron chi connectivity index (χ0n) is 8.79. The maximum atomic E-state index is 11.2. The largest absolute Gasteiger partial charge is 0.411 e. The predicted octanol–water partition coefficient (Wildman–Crippen LogP) is 1.48. The average molecular weight is 230 g/mol. The molecule has 0 bridgehead atoms. The molecule has 0 fully saturated rings. The van der Waals surface area contributed by atoms with Crippen molar-refractivity contribution in [3.05, 3.63) is 36.5 Å². The minimum atomic E-state index is -0.491. The van der Waals surface area contributed by atoms with E-state index in [1.54, 1.807) is 18.3 Å². The highest BCUT2D eigenvalue weighted by Gasteiger charge is 2.02. The van der Waals surface area contributed by atoms with Gasteiger partial charge in [-0.3, -0.25) is 9.89 Å². The number of nitrogens with one attached hydrogen (secondary N) is 2. The molecule has 6 heteroatoms. The third-order valence-corrected chi connectivity index (χ3v) is 2.12. The molecule has 0 aliphatic rings. The summed E-state index contributed by atoms with van der Waals surface area (Å²) in [5.41, 5.74) is 2.38. The maximum absolute atomic E-state index is 11.2. The first kappa shape index (κ1) is 10.9. The van der Waals surface area contributed by atoms with Gasteiger partial charge in [-0.15, -0.1) is 0 Å². The second-order valence-corrected chi connectivity index (χ2v) is 3.28. The van der Waals surface area contributed by atoms with Crippen LogP contribution in [0.1, 0.15) is 0 Å². The van der Waals surface area contributed by atoms with Crippen LogP contribution in [0.3, 0.4) is 0 Å². The summed E-state index contributed by atoms with van der Waals surface area (Å²) in [6, 6.07) is 9.06. The lowest BCUT2D eigenvalue weighted by atomic mass is 10.1. The monoisotopic (exact) mass is 230 g/mol. The molecule has 1 aromatic heterocycles. The van der Waals surface area contributed by atoms with E-state index >= 15 is 0 Å².